The van der Waals surface area contributed by atoms with Crippen LogP contribution < -0.4 is 5.73 Å². The summed E-state index contributed by atoms with van der Waals surface area (Å²) in [6.45, 7) is 1.46. The van der Waals surface area contributed by atoms with Crippen molar-refractivity contribution >= 4 is 28.7 Å². The number of nitrogens with two attached hydrogens (primary N) is 1. The number of hydrogen-bond donors (Lipinski definition) is 4. The zero-order valence-corrected chi connectivity index (χ0v) is 11.7. The minimum atomic E-state index is -1.25. The van der Waals surface area contributed by atoms with Crippen LogP contribution in [0.1, 0.15) is 13.2 Å². The summed E-state index contributed by atoms with van der Waals surface area (Å²) in [6.07, 6.45) is -3.96. The second-order valence-corrected chi connectivity index (χ2v) is 5.27. The molecule has 0 radical (unpaired) electrons. The molecule has 3 rings (SSSR count). The Bertz CT molecular complexity index is 678. The van der Waals surface area contributed by atoms with Crippen molar-refractivity contribution in [3.05, 3.63) is 11.5 Å². The van der Waals surface area contributed by atoms with Gasteiger partial charge in [-0.25, -0.2) is 4.98 Å². The van der Waals surface area contributed by atoms with E-state index in [-0.39, 0.29) is 16.7 Å². The van der Waals surface area contributed by atoms with Gasteiger partial charge in [0.25, 0.3) is 0 Å². The number of rotatable bonds is 2. The molecule has 9 nitrogen and oxygen atoms in total. The van der Waals surface area contributed by atoms with Gasteiger partial charge in [0.1, 0.15) is 23.8 Å². The maximum atomic E-state index is 10.1. The molecule has 5 N–H and O–H groups in total. The van der Waals surface area contributed by atoms with E-state index in [4.69, 9.17) is 22.1 Å². The van der Waals surface area contributed by atoms with E-state index in [1.807, 2.05) is 0 Å². The largest absolute Gasteiger partial charge is 0.391 e. The van der Waals surface area contributed by atoms with Gasteiger partial charge in [-0.05, 0) is 6.92 Å². The first kappa shape index (κ1) is 14.4. The minimum absolute atomic E-state index is 0.0469. The molecule has 0 saturated carbocycles. The molecule has 1 aliphatic heterocycles. The van der Waals surface area contributed by atoms with Crippen LogP contribution in [0.25, 0.3) is 11.2 Å². The maximum absolute atomic E-state index is 10.1. The number of hydrogen-bond acceptors (Lipinski definition) is 8. The van der Waals surface area contributed by atoms with Gasteiger partial charge < -0.3 is 25.8 Å². The summed E-state index contributed by atoms with van der Waals surface area (Å²) in [5, 5.41) is 29.7. The quantitative estimate of drug-likeness (QED) is 0.521. The first-order valence-electron chi connectivity index (χ1n) is 6.25. The normalized spacial score (nSPS) is 30.9. The molecule has 1 aliphatic rings. The molecule has 5 unspecified atom stereocenters. The zero-order valence-electron chi connectivity index (χ0n) is 11.0. The molecule has 114 valence electrons. The molecule has 0 bridgehead atoms. The van der Waals surface area contributed by atoms with Gasteiger partial charge in [-0.1, -0.05) is 11.6 Å². The lowest BCUT2D eigenvalue weighted by atomic mass is 10.1. The number of ether oxygens (including phenoxy) is 1. The first-order chi connectivity index (χ1) is 9.90. The van der Waals surface area contributed by atoms with E-state index >= 15 is 0 Å². The first-order valence-corrected chi connectivity index (χ1v) is 6.63. The van der Waals surface area contributed by atoms with Gasteiger partial charge in [0.2, 0.25) is 5.95 Å². The van der Waals surface area contributed by atoms with Gasteiger partial charge in [-0.2, -0.15) is 9.97 Å². The van der Waals surface area contributed by atoms with Crippen molar-refractivity contribution in [3.8, 4) is 0 Å². The second kappa shape index (κ2) is 5.04. The van der Waals surface area contributed by atoms with Gasteiger partial charge in [0, 0.05) is 0 Å². The highest BCUT2D eigenvalue weighted by molar-refractivity contribution is 6.33. The summed E-state index contributed by atoms with van der Waals surface area (Å²) in [6, 6.07) is 0. The van der Waals surface area contributed by atoms with Crippen LogP contribution in [0.15, 0.2) is 6.33 Å². The Morgan fingerprint density at radius 1 is 1.38 bits per heavy atom. The summed E-state index contributed by atoms with van der Waals surface area (Å²) in [5.74, 6) is -0.0469. The van der Waals surface area contributed by atoms with Crippen LogP contribution in [0.4, 0.5) is 5.95 Å². The smallest absolute Gasteiger partial charge is 0.223 e. The number of aliphatic hydroxyl groups is 3. The molecule has 2 aromatic rings. The molecular formula is C11H14ClN5O4. The summed E-state index contributed by atoms with van der Waals surface area (Å²) >= 11 is 5.93. The molecule has 5 atom stereocenters. The Labute approximate surface area is 124 Å². The lowest BCUT2D eigenvalue weighted by molar-refractivity contribution is -0.0777. The Morgan fingerprint density at radius 3 is 2.71 bits per heavy atom. The van der Waals surface area contributed by atoms with Crippen LogP contribution in [0.5, 0.6) is 0 Å². The highest BCUT2D eigenvalue weighted by atomic mass is 35.5. The molecule has 0 aliphatic carbocycles. The molecule has 0 aromatic carbocycles. The van der Waals surface area contributed by atoms with Gasteiger partial charge in [0.05, 0.1) is 12.4 Å². The van der Waals surface area contributed by atoms with Crippen molar-refractivity contribution in [2.24, 2.45) is 0 Å². The van der Waals surface area contributed by atoms with E-state index in [0.717, 1.165) is 0 Å². The summed E-state index contributed by atoms with van der Waals surface area (Å²) in [4.78, 5) is 11.8. The lowest BCUT2D eigenvalue weighted by Gasteiger charge is -2.17. The van der Waals surface area contributed by atoms with Gasteiger partial charge >= 0.3 is 0 Å². The monoisotopic (exact) mass is 315 g/mol. The van der Waals surface area contributed by atoms with Gasteiger partial charge in [-0.3, -0.25) is 4.57 Å². The van der Waals surface area contributed by atoms with E-state index in [9.17, 15) is 15.3 Å². The van der Waals surface area contributed by atoms with E-state index in [2.05, 4.69) is 15.0 Å². The number of aromatic nitrogens is 4. The molecule has 3 heterocycles. The van der Waals surface area contributed by atoms with E-state index < -0.39 is 30.6 Å². The number of imidazole rings is 1. The van der Waals surface area contributed by atoms with Crippen LogP contribution in [-0.4, -0.2) is 59.3 Å². The average molecular weight is 316 g/mol. The number of fused-ring (bicyclic) bond motifs is 1. The maximum Gasteiger partial charge on any atom is 0.223 e. The highest BCUT2D eigenvalue weighted by Gasteiger charge is 2.46. The van der Waals surface area contributed by atoms with Crippen molar-refractivity contribution in [3.63, 3.8) is 0 Å². The Kier molecular flexibility index (Phi) is 3.46. The predicted molar refractivity (Wildman–Crippen MR) is 72.3 cm³/mol. The Balaban J connectivity index is 2.05. The predicted octanol–water partition coefficient (Wildman–Crippen LogP) is -0.938. The molecule has 2 aromatic heterocycles. The fourth-order valence-electron chi connectivity index (χ4n) is 2.40. The fraction of sp³-hybridized carbons (Fsp3) is 0.545. The van der Waals surface area contributed by atoms with Crippen molar-refractivity contribution in [1.29, 1.82) is 0 Å². The third-order valence-corrected chi connectivity index (χ3v) is 3.68. The fourth-order valence-corrected chi connectivity index (χ4v) is 2.62. The number of aliphatic hydroxyl groups excluding tert-OH is 3. The topological polar surface area (TPSA) is 140 Å². The van der Waals surface area contributed by atoms with Crippen LogP contribution in [0, 0.1) is 0 Å². The van der Waals surface area contributed by atoms with Crippen molar-refractivity contribution < 1.29 is 20.1 Å². The summed E-state index contributed by atoms with van der Waals surface area (Å²) in [7, 11) is 0. The van der Waals surface area contributed by atoms with E-state index in [0.29, 0.717) is 5.52 Å². The summed E-state index contributed by atoms with van der Waals surface area (Å²) in [5.41, 5.74) is 6.12. The van der Waals surface area contributed by atoms with Crippen LogP contribution in [0.2, 0.25) is 5.15 Å². The van der Waals surface area contributed by atoms with Gasteiger partial charge in [-0.15, -0.1) is 0 Å². The van der Waals surface area contributed by atoms with E-state index in [1.54, 1.807) is 0 Å². The van der Waals surface area contributed by atoms with Crippen LogP contribution in [0.3, 0.4) is 0 Å². The average Bonchev–Trinajstić information content (AvgIpc) is 2.93. The zero-order chi connectivity index (χ0) is 15.3. The van der Waals surface area contributed by atoms with Crippen LogP contribution in [-0.2, 0) is 4.74 Å². The van der Waals surface area contributed by atoms with Crippen molar-refractivity contribution in [2.75, 3.05) is 5.73 Å². The number of nitrogen functional groups attached to an aromatic ring is 1. The number of halogens is 1. The molecule has 10 heteroatoms. The molecule has 0 spiro atoms. The lowest BCUT2D eigenvalue weighted by Crippen LogP contribution is -2.37. The third kappa shape index (κ3) is 2.23. The second-order valence-electron chi connectivity index (χ2n) is 4.91. The standard InChI is InChI=1S/C11H14ClN5O4/c1-3(18)7-5(19)6(20)10(21-7)17-2-14-4-8(12)15-11(13)16-9(4)17/h2-3,5-7,10,18-20H,1H3,(H2,13,15,16). The molecule has 0 amide bonds. The molecule has 1 saturated heterocycles. The number of nitrogens with zero attached hydrogens (tertiary/aromatic N) is 4. The molecular weight excluding hydrogens is 302 g/mol. The van der Waals surface area contributed by atoms with Crippen molar-refractivity contribution in [1.82, 2.24) is 19.5 Å². The van der Waals surface area contributed by atoms with E-state index in [1.165, 1.54) is 17.8 Å². The number of anilines is 1. The summed E-state index contributed by atoms with van der Waals surface area (Å²) < 4.78 is 6.91. The Hall–Kier alpha value is -1.52. The SMILES string of the molecule is CC(O)C1OC(n2cnc3c(Cl)nc(N)nc32)C(O)C1O. The minimum Gasteiger partial charge on any atom is -0.391 e. The van der Waals surface area contributed by atoms with Gasteiger partial charge in [0.15, 0.2) is 17.0 Å². The molecule has 21 heavy (non-hydrogen) atoms. The molecule has 1 fully saturated rings. The third-order valence-electron chi connectivity index (χ3n) is 3.42. The Morgan fingerprint density at radius 2 is 2.10 bits per heavy atom. The van der Waals surface area contributed by atoms with Crippen molar-refractivity contribution in [2.45, 2.75) is 37.6 Å². The highest BCUT2D eigenvalue weighted by Crippen LogP contribution is 2.33. The van der Waals surface area contributed by atoms with Crippen LogP contribution >= 0.6 is 11.6 Å².